The van der Waals surface area contributed by atoms with E-state index >= 15 is 0 Å². The van der Waals surface area contributed by atoms with Gasteiger partial charge in [-0.25, -0.2) is 25.6 Å². The summed E-state index contributed by atoms with van der Waals surface area (Å²) < 4.78 is 79.5. The van der Waals surface area contributed by atoms with Crippen LogP contribution in [0.4, 0.5) is 8.78 Å². The average molecular weight is 423 g/mol. The van der Waals surface area contributed by atoms with Gasteiger partial charge in [0.05, 0.1) is 16.3 Å². The van der Waals surface area contributed by atoms with Crippen molar-refractivity contribution in [2.24, 2.45) is 0 Å². The SMILES string of the molecule is O=S(=O)(c1ccccc1)N(Cc1ccccc1)S(=O)(=O)c1ccc(F)c(F)c1. The van der Waals surface area contributed by atoms with Crippen molar-refractivity contribution in [3.8, 4) is 0 Å². The number of sulfonamides is 2. The van der Waals surface area contributed by atoms with Crippen molar-refractivity contribution in [3.63, 3.8) is 0 Å². The van der Waals surface area contributed by atoms with Gasteiger partial charge in [0.25, 0.3) is 20.0 Å². The number of nitrogens with zero attached hydrogens (tertiary/aromatic N) is 1. The molecule has 0 amide bonds. The van der Waals surface area contributed by atoms with Crippen LogP contribution >= 0.6 is 0 Å². The van der Waals surface area contributed by atoms with Crippen LogP contribution in [0.25, 0.3) is 0 Å². The highest BCUT2D eigenvalue weighted by Gasteiger charge is 2.37. The lowest BCUT2D eigenvalue weighted by atomic mass is 10.2. The first-order valence-electron chi connectivity index (χ1n) is 8.05. The third-order valence-corrected chi connectivity index (χ3v) is 8.15. The standard InChI is InChI=1S/C19H15F2NO4S2/c20-18-12-11-17(13-19(18)21)28(25,26)22(14-15-7-3-1-4-8-15)27(23,24)16-9-5-2-6-10-16/h1-13H,14H2. The van der Waals surface area contributed by atoms with Gasteiger partial charge >= 0.3 is 0 Å². The van der Waals surface area contributed by atoms with Gasteiger partial charge in [0.1, 0.15) is 0 Å². The Kier molecular flexibility index (Phi) is 5.59. The quantitative estimate of drug-likeness (QED) is 0.608. The van der Waals surface area contributed by atoms with E-state index in [1.165, 1.54) is 24.3 Å². The molecule has 0 saturated heterocycles. The Morgan fingerprint density at radius 3 is 1.75 bits per heavy atom. The van der Waals surface area contributed by atoms with Gasteiger partial charge in [0.2, 0.25) is 0 Å². The summed E-state index contributed by atoms with van der Waals surface area (Å²) >= 11 is 0. The van der Waals surface area contributed by atoms with Crippen LogP contribution in [0.3, 0.4) is 0 Å². The van der Waals surface area contributed by atoms with Crippen LogP contribution in [-0.2, 0) is 26.6 Å². The Bertz CT molecular complexity index is 1180. The maximum absolute atomic E-state index is 13.6. The summed E-state index contributed by atoms with van der Waals surface area (Å²) in [4.78, 5) is -0.904. The highest BCUT2D eigenvalue weighted by atomic mass is 32.3. The van der Waals surface area contributed by atoms with Crippen LogP contribution < -0.4 is 0 Å². The third kappa shape index (κ3) is 3.96. The number of benzene rings is 3. The molecule has 28 heavy (non-hydrogen) atoms. The molecule has 0 unspecified atom stereocenters. The number of halogens is 2. The summed E-state index contributed by atoms with van der Waals surface area (Å²) in [5, 5.41) is 0. The molecular weight excluding hydrogens is 408 g/mol. The zero-order valence-corrected chi connectivity index (χ0v) is 16.0. The van der Waals surface area contributed by atoms with E-state index in [-0.39, 0.29) is 8.61 Å². The van der Waals surface area contributed by atoms with Gasteiger partial charge in [-0.15, -0.1) is 0 Å². The van der Waals surface area contributed by atoms with Crippen molar-refractivity contribution in [1.29, 1.82) is 0 Å². The molecule has 3 aromatic rings. The molecule has 0 N–H and O–H groups in total. The monoisotopic (exact) mass is 423 g/mol. The smallest absolute Gasteiger partial charge is 0.206 e. The summed E-state index contributed by atoms with van der Waals surface area (Å²) in [7, 11) is -9.20. The van der Waals surface area contributed by atoms with Crippen LogP contribution in [0, 0.1) is 11.6 Å². The summed E-state index contributed by atoms with van der Waals surface area (Å²) in [6.45, 7) is -0.501. The lowest BCUT2D eigenvalue weighted by Crippen LogP contribution is -2.36. The Morgan fingerprint density at radius 2 is 1.18 bits per heavy atom. The minimum Gasteiger partial charge on any atom is -0.206 e. The second-order valence-corrected chi connectivity index (χ2v) is 9.77. The van der Waals surface area contributed by atoms with E-state index in [2.05, 4.69) is 0 Å². The van der Waals surface area contributed by atoms with Gasteiger partial charge in [-0.05, 0) is 35.9 Å². The molecule has 0 atom stereocenters. The zero-order valence-electron chi connectivity index (χ0n) is 14.4. The first kappa shape index (κ1) is 20.1. The lowest BCUT2D eigenvalue weighted by molar-refractivity contribution is 0.488. The fourth-order valence-electron chi connectivity index (χ4n) is 2.50. The second-order valence-electron chi connectivity index (χ2n) is 5.82. The van der Waals surface area contributed by atoms with Crippen LogP contribution in [0.5, 0.6) is 0 Å². The molecule has 0 fully saturated rings. The zero-order chi connectivity index (χ0) is 20.4. The van der Waals surface area contributed by atoms with E-state index in [0.29, 0.717) is 17.7 Å². The van der Waals surface area contributed by atoms with E-state index in [0.717, 1.165) is 6.07 Å². The van der Waals surface area contributed by atoms with Gasteiger partial charge in [-0.3, -0.25) is 0 Å². The highest BCUT2D eigenvalue weighted by molar-refractivity contribution is 8.04. The maximum atomic E-state index is 13.6. The number of hydrogen-bond acceptors (Lipinski definition) is 4. The first-order chi connectivity index (χ1) is 13.2. The molecule has 0 heterocycles. The van der Waals surface area contributed by atoms with Crippen molar-refractivity contribution >= 4 is 20.0 Å². The predicted octanol–water partition coefficient (Wildman–Crippen LogP) is 3.54. The molecule has 9 heteroatoms. The van der Waals surface area contributed by atoms with Crippen LogP contribution in [0.15, 0.2) is 88.7 Å². The molecule has 3 rings (SSSR count). The normalized spacial score (nSPS) is 12.2. The third-order valence-electron chi connectivity index (χ3n) is 3.92. The van der Waals surface area contributed by atoms with E-state index in [1.54, 1.807) is 36.4 Å². The molecule has 146 valence electrons. The second kappa shape index (κ2) is 7.78. The molecule has 0 radical (unpaired) electrons. The molecule has 0 aliphatic rings. The van der Waals surface area contributed by atoms with Gasteiger partial charge in [-0.1, -0.05) is 52.2 Å². The van der Waals surface area contributed by atoms with Gasteiger partial charge in [0, 0.05) is 0 Å². The highest BCUT2D eigenvalue weighted by Crippen LogP contribution is 2.27. The largest absolute Gasteiger partial charge is 0.256 e. The minimum atomic E-state index is -4.71. The average Bonchev–Trinajstić information content (AvgIpc) is 2.69. The van der Waals surface area contributed by atoms with E-state index in [9.17, 15) is 25.6 Å². The summed E-state index contributed by atoms with van der Waals surface area (Å²) in [5.41, 5.74) is 0.410. The fourth-order valence-corrected chi connectivity index (χ4v) is 6.15. The van der Waals surface area contributed by atoms with Crippen molar-refractivity contribution < 1.29 is 25.6 Å². The molecule has 0 aliphatic heterocycles. The van der Waals surface area contributed by atoms with Crippen LogP contribution in [0.1, 0.15) is 5.56 Å². The van der Waals surface area contributed by atoms with Crippen molar-refractivity contribution in [2.45, 2.75) is 16.3 Å². The molecule has 0 aliphatic carbocycles. The first-order valence-corrected chi connectivity index (χ1v) is 10.9. The van der Waals surface area contributed by atoms with Crippen LogP contribution in [0.2, 0.25) is 0 Å². The molecule has 0 spiro atoms. The van der Waals surface area contributed by atoms with Gasteiger partial charge < -0.3 is 0 Å². The van der Waals surface area contributed by atoms with Gasteiger partial charge in [-0.2, -0.15) is 0 Å². The van der Waals surface area contributed by atoms with Gasteiger partial charge in [0.15, 0.2) is 11.6 Å². The van der Waals surface area contributed by atoms with Crippen molar-refractivity contribution in [2.75, 3.05) is 0 Å². The topological polar surface area (TPSA) is 71.5 Å². The Hall–Kier alpha value is -2.62. The summed E-state index contributed by atoms with van der Waals surface area (Å²) in [6.07, 6.45) is 0. The summed E-state index contributed by atoms with van der Waals surface area (Å²) in [6, 6.07) is 17.0. The van der Waals surface area contributed by atoms with E-state index in [1.807, 2.05) is 0 Å². The van der Waals surface area contributed by atoms with E-state index in [4.69, 9.17) is 0 Å². The molecule has 0 bridgehead atoms. The Labute approximate surface area is 162 Å². The molecule has 5 nitrogen and oxygen atoms in total. The predicted molar refractivity (Wildman–Crippen MR) is 99.2 cm³/mol. The summed E-state index contributed by atoms with van der Waals surface area (Å²) in [5.74, 6) is -2.63. The van der Waals surface area contributed by atoms with Crippen LogP contribution in [-0.4, -0.2) is 20.5 Å². The molecule has 0 saturated carbocycles. The lowest BCUT2D eigenvalue weighted by Gasteiger charge is -2.22. The Balaban J connectivity index is 2.17. The molecular formula is C19H15F2NO4S2. The fraction of sp³-hybridized carbons (Fsp3) is 0.0526. The maximum Gasteiger partial charge on any atom is 0.256 e. The van der Waals surface area contributed by atoms with Crippen molar-refractivity contribution in [1.82, 2.24) is 3.71 Å². The van der Waals surface area contributed by atoms with E-state index < -0.39 is 43.1 Å². The molecule has 0 aromatic heterocycles. The number of rotatable bonds is 6. The number of hydrogen-bond donors (Lipinski definition) is 0. The van der Waals surface area contributed by atoms with Crippen molar-refractivity contribution in [3.05, 3.63) is 96.1 Å². The Morgan fingerprint density at radius 1 is 0.643 bits per heavy atom. The molecule has 3 aromatic carbocycles. The minimum absolute atomic E-state index is 0.239.